The Balaban J connectivity index is 3.11. The maximum absolute atomic E-state index is 12.2. The van der Waals surface area contributed by atoms with E-state index in [9.17, 15) is 8.78 Å². The van der Waals surface area contributed by atoms with Crippen molar-refractivity contribution in [3.8, 4) is 0 Å². The summed E-state index contributed by atoms with van der Waals surface area (Å²) in [5.41, 5.74) is -0.144. The molecule has 0 saturated heterocycles. The van der Waals surface area contributed by atoms with Crippen LogP contribution in [0.1, 0.15) is 17.7 Å². The van der Waals surface area contributed by atoms with Crippen molar-refractivity contribution < 1.29 is 13.9 Å². The van der Waals surface area contributed by atoms with Crippen LogP contribution in [-0.4, -0.2) is 10.1 Å². The molecule has 0 aliphatic carbocycles. The highest BCUT2D eigenvalue weighted by Gasteiger charge is 2.13. The number of hydrogen-bond donors (Lipinski definition) is 1. The van der Waals surface area contributed by atoms with E-state index in [0.717, 1.165) is 3.57 Å². The molecule has 0 aliphatic rings. The van der Waals surface area contributed by atoms with Crippen LogP contribution in [0.25, 0.3) is 0 Å². The first-order chi connectivity index (χ1) is 5.65. The van der Waals surface area contributed by atoms with Gasteiger partial charge in [-0.05, 0) is 28.7 Å². The van der Waals surface area contributed by atoms with Crippen LogP contribution in [-0.2, 0) is 6.61 Å². The molecule has 1 heterocycles. The zero-order valence-electron chi connectivity index (χ0n) is 5.97. The highest BCUT2D eigenvalue weighted by Crippen LogP contribution is 2.21. The third kappa shape index (κ3) is 2.10. The van der Waals surface area contributed by atoms with Crippen LogP contribution in [0.4, 0.5) is 8.78 Å². The molecule has 0 aliphatic heterocycles. The molecule has 1 rings (SSSR count). The number of nitrogens with zero attached hydrogens (tertiary/aromatic N) is 1. The van der Waals surface area contributed by atoms with Crippen LogP contribution >= 0.6 is 22.6 Å². The van der Waals surface area contributed by atoms with Gasteiger partial charge in [0.15, 0.2) is 0 Å². The van der Waals surface area contributed by atoms with Gasteiger partial charge in [0, 0.05) is 15.3 Å². The van der Waals surface area contributed by atoms with E-state index in [1.54, 1.807) is 0 Å². The summed E-state index contributed by atoms with van der Waals surface area (Å²) < 4.78 is 25.1. The Morgan fingerprint density at radius 2 is 2.25 bits per heavy atom. The molecular weight excluding hydrogens is 279 g/mol. The Morgan fingerprint density at radius 3 is 2.75 bits per heavy atom. The van der Waals surface area contributed by atoms with Crippen molar-refractivity contribution in [3.63, 3.8) is 0 Å². The van der Waals surface area contributed by atoms with E-state index in [1.807, 2.05) is 22.6 Å². The van der Waals surface area contributed by atoms with Gasteiger partial charge in [-0.15, -0.1) is 0 Å². The van der Waals surface area contributed by atoms with Gasteiger partial charge in [-0.1, -0.05) is 0 Å². The summed E-state index contributed by atoms with van der Waals surface area (Å²) in [5.74, 6) is 0. The second-order valence-corrected chi connectivity index (χ2v) is 3.40. The second-order valence-electron chi connectivity index (χ2n) is 2.16. The zero-order chi connectivity index (χ0) is 9.14. The minimum Gasteiger partial charge on any atom is -0.392 e. The first-order valence-corrected chi connectivity index (χ1v) is 4.26. The lowest BCUT2D eigenvalue weighted by Gasteiger charge is -2.04. The number of rotatable bonds is 2. The Labute approximate surface area is 81.8 Å². The molecule has 0 spiro atoms. The van der Waals surface area contributed by atoms with Crippen LogP contribution in [0.5, 0.6) is 0 Å². The summed E-state index contributed by atoms with van der Waals surface area (Å²) in [6.45, 7) is -0.399. The van der Waals surface area contributed by atoms with Gasteiger partial charge in [0.25, 0.3) is 6.43 Å². The SMILES string of the molecule is OCc1cc(I)cnc1C(F)F. The van der Waals surface area contributed by atoms with Gasteiger partial charge in [0.05, 0.1) is 6.61 Å². The monoisotopic (exact) mass is 285 g/mol. The van der Waals surface area contributed by atoms with Gasteiger partial charge in [-0.25, -0.2) is 8.78 Å². The van der Waals surface area contributed by atoms with Gasteiger partial charge >= 0.3 is 0 Å². The molecular formula is C7H6F2INO. The van der Waals surface area contributed by atoms with Gasteiger partial charge in [-0.3, -0.25) is 4.98 Å². The van der Waals surface area contributed by atoms with Crippen LogP contribution in [0, 0.1) is 3.57 Å². The summed E-state index contributed by atoms with van der Waals surface area (Å²) in [6, 6.07) is 1.50. The standard InChI is InChI=1S/C7H6F2INO/c8-7(9)6-4(3-12)1-5(10)2-11-6/h1-2,7,12H,3H2. The zero-order valence-corrected chi connectivity index (χ0v) is 8.12. The Kier molecular flexibility index (Phi) is 3.33. The van der Waals surface area contributed by atoms with Gasteiger partial charge in [0.2, 0.25) is 0 Å². The number of alkyl halides is 2. The maximum Gasteiger partial charge on any atom is 0.280 e. The minimum atomic E-state index is -2.62. The van der Waals surface area contributed by atoms with Crippen LogP contribution < -0.4 is 0 Å². The molecule has 66 valence electrons. The van der Waals surface area contributed by atoms with Crippen molar-refractivity contribution >= 4 is 22.6 Å². The Bertz CT molecular complexity index is 280. The number of hydrogen-bond acceptors (Lipinski definition) is 2. The highest BCUT2D eigenvalue weighted by atomic mass is 127. The lowest BCUT2D eigenvalue weighted by Crippen LogP contribution is -1.98. The minimum absolute atomic E-state index is 0.192. The predicted molar refractivity (Wildman–Crippen MR) is 47.8 cm³/mol. The summed E-state index contributed by atoms with van der Waals surface area (Å²) in [4.78, 5) is 3.53. The number of halogens is 3. The smallest absolute Gasteiger partial charge is 0.280 e. The summed E-state index contributed by atoms with van der Waals surface area (Å²) in [7, 11) is 0. The molecule has 1 aromatic heterocycles. The fourth-order valence-electron chi connectivity index (χ4n) is 0.815. The first kappa shape index (κ1) is 9.79. The Morgan fingerprint density at radius 1 is 1.58 bits per heavy atom. The molecule has 0 saturated carbocycles. The number of pyridine rings is 1. The fraction of sp³-hybridized carbons (Fsp3) is 0.286. The molecule has 0 bridgehead atoms. The number of aliphatic hydroxyl groups excluding tert-OH is 1. The van der Waals surface area contributed by atoms with Gasteiger partial charge < -0.3 is 5.11 Å². The van der Waals surface area contributed by atoms with Crippen molar-refractivity contribution in [1.82, 2.24) is 4.98 Å². The molecule has 5 heteroatoms. The van der Waals surface area contributed by atoms with Crippen LogP contribution in [0.15, 0.2) is 12.3 Å². The van der Waals surface area contributed by atoms with E-state index < -0.39 is 13.0 Å². The molecule has 0 aromatic carbocycles. The molecule has 1 N–H and O–H groups in total. The second kappa shape index (κ2) is 4.08. The quantitative estimate of drug-likeness (QED) is 0.844. The van der Waals surface area contributed by atoms with Crippen LogP contribution in [0.3, 0.4) is 0 Å². The fourth-order valence-corrected chi connectivity index (χ4v) is 1.33. The lowest BCUT2D eigenvalue weighted by molar-refractivity contribution is 0.141. The molecule has 1 aromatic rings. The molecule has 0 fully saturated rings. The van der Waals surface area contributed by atoms with Crippen molar-refractivity contribution in [2.45, 2.75) is 13.0 Å². The van der Waals surface area contributed by atoms with Crippen LogP contribution in [0.2, 0.25) is 0 Å². The van der Waals surface area contributed by atoms with E-state index in [1.165, 1.54) is 12.3 Å². The molecule has 0 unspecified atom stereocenters. The third-order valence-corrected chi connectivity index (χ3v) is 1.94. The molecule has 0 amide bonds. The van der Waals surface area contributed by atoms with E-state index in [4.69, 9.17) is 5.11 Å². The van der Waals surface area contributed by atoms with E-state index in [0.29, 0.717) is 0 Å². The summed E-state index contributed by atoms with van der Waals surface area (Å²) in [6.07, 6.45) is -1.27. The summed E-state index contributed by atoms with van der Waals surface area (Å²) in [5, 5.41) is 8.72. The van der Waals surface area contributed by atoms with Crippen molar-refractivity contribution in [2.75, 3.05) is 0 Å². The lowest BCUT2D eigenvalue weighted by atomic mass is 10.2. The molecule has 0 atom stereocenters. The first-order valence-electron chi connectivity index (χ1n) is 3.18. The average Bonchev–Trinajstić information content (AvgIpc) is 2.03. The van der Waals surface area contributed by atoms with E-state index in [-0.39, 0.29) is 11.3 Å². The largest absolute Gasteiger partial charge is 0.392 e. The number of aliphatic hydroxyl groups is 1. The normalized spacial score (nSPS) is 10.8. The third-order valence-electron chi connectivity index (χ3n) is 1.35. The number of aromatic nitrogens is 1. The molecule has 2 nitrogen and oxygen atoms in total. The molecule has 0 radical (unpaired) electrons. The van der Waals surface area contributed by atoms with Crippen molar-refractivity contribution in [3.05, 3.63) is 27.1 Å². The Hall–Kier alpha value is -0.300. The van der Waals surface area contributed by atoms with Gasteiger partial charge in [0.1, 0.15) is 5.69 Å². The van der Waals surface area contributed by atoms with Crippen molar-refractivity contribution in [2.24, 2.45) is 0 Å². The van der Waals surface area contributed by atoms with E-state index in [2.05, 4.69) is 4.98 Å². The predicted octanol–water partition coefficient (Wildman–Crippen LogP) is 2.12. The topological polar surface area (TPSA) is 33.1 Å². The van der Waals surface area contributed by atoms with Crippen molar-refractivity contribution in [1.29, 1.82) is 0 Å². The van der Waals surface area contributed by atoms with E-state index >= 15 is 0 Å². The highest BCUT2D eigenvalue weighted by molar-refractivity contribution is 14.1. The summed E-state index contributed by atoms with van der Waals surface area (Å²) >= 11 is 1.95. The molecule has 12 heavy (non-hydrogen) atoms. The van der Waals surface area contributed by atoms with Gasteiger partial charge in [-0.2, -0.15) is 0 Å². The average molecular weight is 285 g/mol. The maximum atomic E-state index is 12.2.